The molecule has 0 aliphatic carbocycles. The van der Waals surface area contributed by atoms with Gasteiger partial charge in [-0.15, -0.1) is 0 Å². The lowest BCUT2D eigenvalue weighted by Crippen LogP contribution is -2.33. The summed E-state index contributed by atoms with van der Waals surface area (Å²) in [5, 5.41) is 3.99. The fourth-order valence-electron chi connectivity index (χ4n) is 2.88. The molecule has 1 aliphatic rings. The van der Waals surface area contributed by atoms with Crippen molar-refractivity contribution in [1.82, 2.24) is 9.55 Å². The van der Waals surface area contributed by atoms with Gasteiger partial charge < -0.3 is 9.88 Å². The highest BCUT2D eigenvalue weighted by atomic mass is 35.5. The smallest absolute Gasteiger partial charge is 0.279 e. The van der Waals surface area contributed by atoms with Crippen LogP contribution in [0.2, 0.25) is 5.02 Å². The Labute approximate surface area is 149 Å². The Morgan fingerprint density at radius 3 is 2.83 bits per heavy atom. The van der Waals surface area contributed by atoms with Crippen LogP contribution in [0, 0.1) is 0 Å². The zero-order chi connectivity index (χ0) is 17.3. The van der Waals surface area contributed by atoms with Crippen molar-refractivity contribution in [3.05, 3.63) is 50.8 Å². The molecule has 1 N–H and O–H groups in total. The summed E-state index contributed by atoms with van der Waals surface area (Å²) in [7, 11) is 1.82. The summed E-state index contributed by atoms with van der Waals surface area (Å²) in [4.78, 5) is 29.1. The molecule has 24 heavy (non-hydrogen) atoms. The van der Waals surface area contributed by atoms with Crippen molar-refractivity contribution < 1.29 is 4.79 Å². The number of halogens is 1. The predicted octanol–water partition coefficient (Wildman–Crippen LogP) is 3.41. The van der Waals surface area contributed by atoms with Gasteiger partial charge in [0.05, 0.1) is 5.56 Å². The van der Waals surface area contributed by atoms with Crippen LogP contribution in [0.3, 0.4) is 0 Å². The Kier molecular flexibility index (Phi) is 4.96. The highest BCUT2D eigenvalue weighted by Gasteiger charge is 2.32. The Morgan fingerprint density at radius 2 is 2.12 bits per heavy atom. The maximum Gasteiger partial charge on any atom is 0.279 e. The lowest BCUT2D eigenvalue weighted by molar-refractivity contribution is -0.116. The molecule has 2 aromatic rings. The minimum Gasteiger partial charge on any atom is -0.312 e. The van der Waals surface area contributed by atoms with Gasteiger partial charge in [0.25, 0.3) is 5.56 Å². The number of anilines is 1. The van der Waals surface area contributed by atoms with Crippen molar-refractivity contribution in [2.24, 2.45) is 7.05 Å². The fraction of sp³-hybridized carbons (Fsp3) is 0.353. The van der Waals surface area contributed by atoms with Gasteiger partial charge in [-0.05, 0) is 18.1 Å². The zero-order valence-corrected chi connectivity index (χ0v) is 15.1. The number of nitrogens with one attached hydrogen (secondary N) is 1. The fourth-order valence-corrected chi connectivity index (χ4v) is 3.97. The van der Waals surface area contributed by atoms with Gasteiger partial charge in [-0.1, -0.05) is 48.5 Å². The number of nitrogens with zero attached hydrogens (tertiary/aromatic N) is 2. The maximum atomic E-state index is 12.7. The summed E-state index contributed by atoms with van der Waals surface area (Å²) in [5.41, 5.74) is 0.987. The van der Waals surface area contributed by atoms with Crippen LogP contribution in [0.1, 0.15) is 36.8 Å². The number of benzene rings is 1. The summed E-state index contributed by atoms with van der Waals surface area (Å²) in [6.45, 7) is 2.07. The van der Waals surface area contributed by atoms with Crippen LogP contribution in [-0.2, 0) is 11.8 Å². The normalized spacial score (nSPS) is 16.6. The van der Waals surface area contributed by atoms with Crippen molar-refractivity contribution in [2.45, 2.75) is 30.8 Å². The molecule has 0 radical (unpaired) electrons. The summed E-state index contributed by atoms with van der Waals surface area (Å²) in [6.07, 6.45) is 1.17. The monoisotopic (exact) mass is 363 g/mol. The topological polar surface area (TPSA) is 64.0 Å². The summed E-state index contributed by atoms with van der Waals surface area (Å²) >= 11 is 7.81. The first-order valence-electron chi connectivity index (χ1n) is 7.81. The first-order valence-corrected chi connectivity index (χ1v) is 9.17. The molecule has 0 fully saturated rings. The number of carbonyl (C=O) groups is 1. The second-order valence-electron chi connectivity index (χ2n) is 5.70. The van der Waals surface area contributed by atoms with Crippen molar-refractivity contribution in [3.8, 4) is 0 Å². The first kappa shape index (κ1) is 17.0. The molecule has 126 valence electrons. The van der Waals surface area contributed by atoms with E-state index < -0.39 is 0 Å². The molecular weight excluding hydrogens is 346 g/mol. The molecule has 0 saturated carbocycles. The number of fused-ring (bicyclic) bond motifs is 1. The number of carbonyl (C=O) groups excluding carboxylic acids is 1. The van der Waals surface area contributed by atoms with Crippen molar-refractivity contribution in [1.29, 1.82) is 0 Å². The molecule has 2 heterocycles. The number of aromatic nitrogens is 2. The number of hydrogen-bond donors (Lipinski definition) is 1. The minimum atomic E-state index is -0.376. The van der Waals surface area contributed by atoms with E-state index in [4.69, 9.17) is 11.6 Å². The minimum absolute atomic E-state index is 0.125. The first-order chi connectivity index (χ1) is 11.5. The van der Waals surface area contributed by atoms with E-state index in [1.54, 1.807) is 10.6 Å². The molecule has 0 bridgehead atoms. The molecule has 1 aromatic carbocycles. The number of amides is 1. The standard InChI is InChI=1S/C17H18ClN3O2S/c1-3-8-24-17-20-16(23)14-11(10-6-4-5-7-12(10)18)9-13(22)19-15(14)21(17)2/h4-7,11H,3,8-9H2,1-2H3,(H,19,22). The van der Waals surface area contributed by atoms with Crippen molar-refractivity contribution >= 4 is 35.1 Å². The van der Waals surface area contributed by atoms with Gasteiger partial charge in [0.2, 0.25) is 5.91 Å². The predicted molar refractivity (Wildman–Crippen MR) is 97.0 cm³/mol. The van der Waals surface area contributed by atoms with E-state index in [-0.39, 0.29) is 23.8 Å². The average molecular weight is 364 g/mol. The van der Waals surface area contributed by atoms with E-state index in [1.807, 2.05) is 25.2 Å². The average Bonchev–Trinajstić information content (AvgIpc) is 2.56. The second-order valence-corrected chi connectivity index (χ2v) is 7.16. The lowest BCUT2D eigenvalue weighted by Gasteiger charge is -2.28. The molecule has 5 nitrogen and oxygen atoms in total. The van der Waals surface area contributed by atoms with E-state index in [0.717, 1.165) is 17.7 Å². The number of thioether (sulfide) groups is 1. The maximum absolute atomic E-state index is 12.7. The van der Waals surface area contributed by atoms with Crippen LogP contribution in [0.4, 0.5) is 5.82 Å². The van der Waals surface area contributed by atoms with Crippen molar-refractivity contribution in [3.63, 3.8) is 0 Å². The second kappa shape index (κ2) is 6.99. The molecule has 0 spiro atoms. The zero-order valence-electron chi connectivity index (χ0n) is 13.5. The Bertz CT molecular complexity index is 850. The van der Waals surface area contributed by atoms with E-state index >= 15 is 0 Å². The van der Waals surface area contributed by atoms with Crippen molar-refractivity contribution in [2.75, 3.05) is 11.1 Å². The molecule has 3 rings (SSSR count). The Hall–Kier alpha value is -1.79. The van der Waals surface area contributed by atoms with Gasteiger partial charge >= 0.3 is 0 Å². The van der Waals surface area contributed by atoms with Crippen LogP contribution >= 0.6 is 23.4 Å². The molecule has 1 aromatic heterocycles. The van der Waals surface area contributed by atoms with Crippen LogP contribution in [-0.4, -0.2) is 21.2 Å². The van der Waals surface area contributed by atoms with Gasteiger partial charge in [-0.2, -0.15) is 4.98 Å². The van der Waals surface area contributed by atoms with Crippen LogP contribution < -0.4 is 10.9 Å². The van der Waals surface area contributed by atoms with Gasteiger partial charge in [0, 0.05) is 30.2 Å². The Morgan fingerprint density at radius 1 is 1.38 bits per heavy atom. The quantitative estimate of drug-likeness (QED) is 0.667. The van der Waals surface area contributed by atoms with Gasteiger partial charge in [0.1, 0.15) is 5.82 Å². The van der Waals surface area contributed by atoms with Gasteiger partial charge in [-0.25, -0.2) is 0 Å². The Balaban J connectivity index is 2.17. The summed E-state index contributed by atoms with van der Waals surface area (Å²) in [5.74, 6) is 0.884. The van der Waals surface area contributed by atoms with E-state index in [9.17, 15) is 9.59 Å². The molecule has 1 atom stereocenters. The van der Waals surface area contributed by atoms with Gasteiger partial charge in [0.15, 0.2) is 5.16 Å². The largest absolute Gasteiger partial charge is 0.312 e. The molecule has 1 unspecified atom stereocenters. The van der Waals surface area contributed by atoms with E-state index in [0.29, 0.717) is 21.6 Å². The third-order valence-corrected chi connectivity index (χ3v) is 5.60. The number of rotatable bonds is 4. The molecule has 1 amide bonds. The van der Waals surface area contributed by atoms with E-state index in [1.165, 1.54) is 11.8 Å². The SMILES string of the molecule is CCCSc1nc(=O)c2c(n1C)NC(=O)CC2c1ccccc1Cl. The van der Waals surface area contributed by atoms with Crippen LogP contribution in [0.5, 0.6) is 0 Å². The summed E-state index contributed by atoms with van der Waals surface area (Å²) in [6, 6.07) is 7.31. The molecule has 0 saturated heterocycles. The molecule has 7 heteroatoms. The highest BCUT2D eigenvalue weighted by molar-refractivity contribution is 7.99. The molecular formula is C17H18ClN3O2S. The lowest BCUT2D eigenvalue weighted by atomic mass is 9.87. The third kappa shape index (κ3) is 3.08. The van der Waals surface area contributed by atoms with Crippen LogP contribution in [0.25, 0.3) is 0 Å². The highest BCUT2D eigenvalue weighted by Crippen LogP contribution is 2.38. The number of hydrogen-bond acceptors (Lipinski definition) is 4. The molecule has 1 aliphatic heterocycles. The van der Waals surface area contributed by atoms with E-state index in [2.05, 4.69) is 17.2 Å². The van der Waals surface area contributed by atoms with Gasteiger partial charge in [-0.3, -0.25) is 9.59 Å². The third-order valence-electron chi connectivity index (χ3n) is 4.02. The summed E-state index contributed by atoms with van der Waals surface area (Å²) < 4.78 is 1.79. The van der Waals surface area contributed by atoms with Crippen LogP contribution in [0.15, 0.2) is 34.2 Å².